The van der Waals surface area contributed by atoms with E-state index in [-0.39, 0.29) is 27.8 Å². The first kappa shape index (κ1) is 22.0. The van der Waals surface area contributed by atoms with Crippen molar-refractivity contribution in [1.82, 2.24) is 10.3 Å². The molecule has 0 saturated carbocycles. The molecule has 0 radical (unpaired) electrons. The van der Waals surface area contributed by atoms with Crippen LogP contribution in [-0.4, -0.2) is 39.5 Å². The van der Waals surface area contributed by atoms with Crippen molar-refractivity contribution in [2.75, 3.05) is 18.0 Å². The van der Waals surface area contributed by atoms with E-state index in [1.54, 1.807) is 0 Å². The molecular weight excluding hydrogens is 448 g/mol. The molecule has 1 aromatic carbocycles. The minimum atomic E-state index is -4.77. The highest BCUT2D eigenvalue weighted by Crippen LogP contribution is 2.46. The summed E-state index contributed by atoms with van der Waals surface area (Å²) in [6.07, 6.45) is -8.84. The number of hydrogen-bond donors (Lipinski definition) is 2. The summed E-state index contributed by atoms with van der Waals surface area (Å²) in [5.74, 6) is -0.0652. The lowest BCUT2D eigenvalue weighted by molar-refractivity contribution is -0.138. The Morgan fingerprint density at radius 1 is 1.06 bits per heavy atom. The van der Waals surface area contributed by atoms with Gasteiger partial charge in [-0.15, -0.1) is 0 Å². The minimum absolute atomic E-state index is 0.0652. The number of aliphatic hydroxyl groups excluding tert-OH is 1. The van der Waals surface area contributed by atoms with Gasteiger partial charge in [-0.3, -0.25) is 0 Å². The third-order valence-corrected chi connectivity index (χ3v) is 6.74. The summed E-state index contributed by atoms with van der Waals surface area (Å²) in [4.78, 5) is 4.70. The van der Waals surface area contributed by atoms with Crippen molar-refractivity contribution >= 4 is 22.3 Å². The van der Waals surface area contributed by atoms with E-state index in [0.29, 0.717) is 37.7 Å². The van der Waals surface area contributed by atoms with Crippen LogP contribution >= 0.6 is 0 Å². The number of hydrogen-bond acceptors (Lipinski definition) is 5. The van der Waals surface area contributed by atoms with Gasteiger partial charge in [0.2, 0.25) is 0 Å². The second-order valence-electron chi connectivity index (χ2n) is 7.34. The number of aromatic nitrogens is 1. The van der Waals surface area contributed by atoms with E-state index in [0.717, 1.165) is 12.1 Å². The van der Waals surface area contributed by atoms with E-state index in [9.17, 15) is 35.7 Å². The predicted octanol–water partition coefficient (Wildman–Crippen LogP) is 3.85. The van der Waals surface area contributed by atoms with Gasteiger partial charge in [0.15, 0.2) is 0 Å². The minimum Gasteiger partial charge on any atom is -0.390 e. The van der Waals surface area contributed by atoms with Crippen LogP contribution < -0.4 is 10.2 Å². The van der Waals surface area contributed by atoms with Crippen LogP contribution in [0.1, 0.15) is 24.0 Å². The number of alkyl halides is 6. The molecule has 2 aliphatic heterocycles. The van der Waals surface area contributed by atoms with Crippen molar-refractivity contribution in [3.8, 4) is 0 Å². The largest absolute Gasteiger partial charge is 0.417 e. The number of rotatable bonds is 1. The molecule has 3 atom stereocenters. The van der Waals surface area contributed by atoms with Crippen LogP contribution in [0, 0.1) is 0 Å². The van der Waals surface area contributed by atoms with Crippen LogP contribution in [0.5, 0.6) is 0 Å². The SMILES string of the molecule is O=S1c2cc(C(F)(F)F)ccc2N(C2CCCNC[C@@H]2O)c2ncc(C(F)(F)F)cc21. The zero-order valence-corrected chi connectivity index (χ0v) is 16.6. The Kier molecular flexibility index (Phi) is 5.51. The molecule has 0 bridgehead atoms. The Balaban J connectivity index is 1.93. The van der Waals surface area contributed by atoms with Crippen LogP contribution in [0.15, 0.2) is 40.3 Å². The average Bonchev–Trinajstić information content (AvgIpc) is 2.91. The summed E-state index contributed by atoms with van der Waals surface area (Å²) in [6.45, 7) is 0.788. The number of aliphatic hydroxyl groups is 1. The third kappa shape index (κ3) is 4.03. The fourth-order valence-corrected chi connectivity index (χ4v) is 5.21. The monoisotopic (exact) mass is 465 g/mol. The number of nitrogens with zero attached hydrogens (tertiary/aromatic N) is 2. The van der Waals surface area contributed by atoms with Gasteiger partial charge in [0, 0.05) is 12.7 Å². The zero-order valence-electron chi connectivity index (χ0n) is 15.8. The van der Waals surface area contributed by atoms with Gasteiger partial charge < -0.3 is 15.3 Å². The fraction of sp³-hybridized carbons (Fsp3) is 0.421. The lowest BCUT2D eigenvalue weighted by Crippen LogP contribution is -2.45. The number of halogens is 6. The van der Waals surface area contributed by atoms with E-state index >= 15 is 0 Å². The molecule has 3 heterocycles. The van der Waals surface area contributed by atoms with Gasteiger partial charge in [0.25, 0.3) is 0 Å². The van der Waals surface area contributed by atoms with Crippen molar-refractivity contribution in [2.45, 2.75) is 47.1 Å². The third-order valence-electron chi connectivity index (χ3n) is 5.32. The first-order valence-electron chi connectivity index (χ1n) is 9.37. The normalized spacial score (nSPS) is 24.4. The molecule has 2 unspecified atom stereocenters. The highest BCUT2D eigenvalue weighted by atomic mass is 32.2. The molecule has 0 spiro atoms. The first-order valence-corrected chi connectivity index (χ1v) is 10.5. The number of anilines is 2. The van der Waals surface area contributed by atoms with Gasteiger partial charge in [0.05, 0.1) is 49.6 Å². The molecule has 1 fully saturated rings. The van der Waals surface area contributed by atoms with Crippen molar-refractivity contribution in [2.24, 2.45) is 0 Å². The molecule has 2 aromatic rings. The Morgan fingerprint density at radius 3 is 2.42 bits per heavy atom. The second kappa shape index (κ2) is 7.75. The van der Waals surface area contributed by atoms with Crippen LogP contribution in [0.25, 0.3) is 0 Å². The summed E-state index contributed by atoms with van der Waals surface area (Å²) < 4.78 is 92.5. The highest BCUT2D eigenvalue weighted by Gasteiger charge is 2.41. The molecule has 168 valence electrons. The van der Waals surface area contributed by atoms with Crippen LogP contribution in [0.2, 0.25) is 0 Å². The molecule has 0 amide bonds. The summed E-state index contributed by atoms with van der Waals surface area (Å²) in [6, 6.07) is 2.60. The van der Waals surface area contributed by atoms with Gasteiger partial charge in [-0.1, -0.05) is 0 Å². The van der Waals surface area contributed by atoms with Crippen molar-refractivity contribution in [1.29, 1.82) is 0 Å². The topological polar surface area (TPSA) is 65.5 Å². The second-order valence-corrected chi connectivity index (χ2v) is 8.76. The van der Waals surface area contributed by atoms with Crippen molar-refractivity contribution < 1.29 is 35.7 Å². The number of pyridine rings is 1. The maximum Gasteiger partial charge on any atom is 0.417 e. The van der Waals surface area contributed by atoms with E-state index in [2.05, 4.69) is 10.3 Å². The summed E-state index contributed by atoms with van der Waals surface area (Å²) >= 11 is 0. The van der Waals surface area contributed by atoms with Gasteiger partial charge >= 0.3 is 12.4 Å². The smallest absolute Gasteiger partial charge is 0.390 e. The first-order chi connectivity index (χ1) is 14.5. The zero-order chi connectivity index (χ0) is 22.6. The van der Waals surface area contributed by atoms with E-state index in [1.165, 1.54) is 4.90 Å². The summed E-state index contributed by atoms with van der Waals surface area (Å²) in [7, 11) is -2.32. The van der Waals surface area contributed by atoms with E-state index < -0.39 is 46.4 Å². The summed E-state index contributed by atoms with van der Waals surface area (Å²) in [5.41, 5.74) is -2.10. The maximum atomic E-state index is 13.2. The molecule has 2 N–H and O–H groups in total. The highest BCUT2D eigenvalue weighted by molar-refractivity contribution is 7.85. The average molecular weight is 465 g/mol. The molecule has 31 heavy (non-hydrogen) atoms. The predicted molar refractivity (Wildman–Crippen MR) is 99.4 cm³/mol. The molecule has 5 nitrogen and oxygen atoms in total. The quantitative estimate of drug-likeness (QED) is 0.627. The summed E-state index contributed by atoms with van der Waals surface area (Å²) in [5, 5.41) is 13.6. The fourth-order valence-electron chi connectivity index (χ4n) is 3.83. The lowest BCUT2D eigenvalue weighted by Gasteiger charge is -2.39. The maximum absolute atomic E-state index is 13.2. The van der Waals surface area contributed by atoms with Crippen molar-refractivity contribution in [3.63, 3.8) is 0 Å². The molecular formula is C19H17F6N3O2S. The van der Waals surface area contributed by atoms with Gasteiger partial charge in [-0.2, -0.15) is 26.3 Å². The Morgan fingerprint density at radius 2 is 1.74 bits per heavy atom. The molecule has 2 aliphatic rings. The van der Waals surface area contributed by atoms with Crippen LogP contribution in [-0.2, 0) is 23.2 Å². The Hall–Kier alpha value is -2.18. The number of fused-ring (bicyclic) bond motifs is 2. The molecule has 12 heteroatoms. The molecule has 4 rings (SSSR count). The van der Waals surface area contributed by atoms with Gasteiger partial charge in [-0.25, -0.2) is 9.19 Å². The lowest BCUT2D eigenvalue weighted by atomic mass is 10.0. The van der Waals surface area contributed by atoms with Gasteiger partial charge in [-0.05, 0) is 43.7 Å². The molecule has 1 saturated heterocycles. The number of benzene rings is 1. The van der Waals surface area contributed by atoms with Crippen LogP contribution in [0.3, 0.4) is 0 Å². The van der Waals surface area contributed by atoms with E-state index in [1.807, 2.05) is 0 Å². The molecule has 0 aliphatic carbocycles. The van der Waals surface area contributed by atoms with Crippen LogP contribution in [0.4, 0.5) is 37.8 Å². The van der Waals surface area contributed by atoms with Crippen molar-refractivity contribution in [3.05, 3.63) is 41.6 Å². The van der Waals surface area contributed by atoms with Gasteiger partial charge in [0.1, 0.15) is 5.82 Å². The number of β-amino-alcohol motifs (C(OH)–C–C–N with tert-alkyl or cyclic N) is 1. The molecule has 1 aromatic heterocycles. The standard InChI is InChI=1S/C19H17F6N3O2S/c20-18(21,22)10-3-4-13-15(6-10)31(30)16-7-11(19(23,24)25)8-27-17(16)28(13)12-2-1-5-26-9-14(12)29/h3-4,6-8,12,14,26,29H,1-2,5,9H2/t12?,14-,31?/m0/s1. The number of nitrogens with one attached hydrogen (secondary N) is 1. The Bertz CT molecular complexity index is 959. The van der Waals surface area contributed by atoms with E-state index in [4.69, 9.17) is 0 Å². The Labute approximate surface area is 175 Å².